The summed E-state index contributed by atoms with van der Waals surface area (Å²) < 4.78 is 11.6. The lowest BCUT2D eigenvalue weighted by Crippen LogP contribution is -2.29. The molecule has 1 aliphatic heterocycles. The molecule has 4 aromatic rings. The lowest BCUT2D eigenvalue weighted by atomic mass is 9.94. The van der Waals surface area contributed by atoms with E-state index in [2.05, 4.69) is 0 Å². The van der Waals surface area contributed by atoms with Gasteiger partial charge in [-0.3, -0.25) is 14.5 Å². The number of nitrogens with zero attached hydrogens (tertiary/aromatic N) is 1. The number of Topliss-reactive ketones (excluding diaryl/α,β-unsaturated/α-hetero) is 1. The average molecular weight is 534 g/mol. The number of ether oxygens (including phenoxy) is 2. The van der Waals surface area contributed by atoms with Crippen LogP contribution in [-0.4, -0.2) is 23.4 Å². The molecule has 4 aromatic carbocycles. The minimum atomic E-state index is -0.813. The summed E-state index contributed by atoms with van der Waals surface area (Å²) in [5.41, 5.74) is 4.53. The summed E-state index contributed by atoms with van der Waals surface area (Å²) in [6.45, 7) is 6.64. The Balaban J connectivity index is 1.55. The third-order valence-corrected chi connectivity index (χ3v) is 6.92. The second-order valence-electron chi connectivity index (χ2n) is 9.76. The quantitative estimate of drug-likeness (QED) is 0.151. The maximum Gasteiger partial charge on any atom is 0.300 e. The Morgan fingerprint density at radius 2 is 1.60 bits per heavy atom. The van der Waals surface area contributed by atoms with E-state index in [0.29, 0.717) is 41.5 Å². The number of aryl methyl sites for hydroxylation is 2. The smallest absolute Gasteiger partial charge is 0.300 e. The topological polar surface area (TPSA) is 76.1 Å². The first-order valence-corrected chi connectivity index (χ1v) is 13.3. The summed E-state index contributed by atoms with van der Waals surface area (Å²) in [5.74, 6) is -0.306. The molecular formula is C34H31NO5. The lowest BCUT2D eigenvalue weighted by molar-refractivity contribution is -0.132. The monoisotopic (exact) mass is 533 g/mol. The summed E-state index contributed by atoms with van der Waals surface area (Å²) in [5, 5.41) is 11.5. The van der Waals surface area contributed by atoms with Crippen molar-refractivity contribution in [1.82, 2.24) is 0 Å². The molecule has 1 aliphatic rings. The minimum Gasteiger partial charge on any atom is -0.507 e. The van der Waals surface area contributed by atoms with E-state index in [1.807, 2.05) is 81.4 Å². The SMILES string of the molecule is CCOc1ccc(C2/C(=C(/O)c3ccc(OCc4ccccc4)c(C)c3)C(=O)C(=O)N2c2cccc(C)c2)cc1. The highest BCUT2D eigenvalue weighted by Crippen LogP contribution is 2.43. The molecule has 6 heteroatoms. The van der Waals surface area contributed by atoms with Crippen molar-refractivity contribution < 1.29 is 24.2 Å². The summed E-state index contributed by atoms with van der Waals surface area (Å²) in [4.78, 5) is 28.4. The molecule has 1 N–H and O–H groups in total. The van der Waals surface area contributed by atoms with E-state index < -0.39 is 17.7 Å². The molecule has 0 radical (unpaired) electrons. The molecule has 202 valence electrons. The molecule has 0 aromatic heterocycles. The summed E-state index contributed by atoms with van der Waals surface area (Å²) in [7, 11) is 0. The van der Waals surface area contributed by atoms with E-state index in [1.165, 1.54) is 4.90 Å². The van der Waals surface area contributed by atoms with Crippen LogP contribution in [0.4, 0.5) is 5.69 Å². The number of rotatable bonds is 8. The largest absolute Gasteiger partial charge is 0.507 e. The molecule has 1 heterocycles. The van der Waals surface area contributed by atoms with Gasteiger partial charge in [-0.1, -0.05) is 54.6 Å². The number of amides is 1. The molecule has 1 unspecified atom stereocenters. The van der Waals surface area contributed by atoms with Gasteiger partial charge in [0.05, 0.1) is 18.2 Å². The van der Waals surface area contributed by atoms with Crippen LogP contribution >= 0.6 is 0 Å². The molecule has 1 amide bonds. The van der Waals surface area contributed by atoms with Crippen LogP contribution in [0.5, 0.6) is 11.5 Å². The van der Waals surface area contributed by atoms with Crippen molar-refractivity contribution in [2.75, 3.05) is 11.5 Å². The van der Waals surface area contributed by atoms with Gasteiger partial charge in [-0.2, -0.15) is 0 Å². The zero-order chi connectivity index (χ0) is 28.2. The third-order valence-electron chi connectivity index (χ3n) is 6.92. The van der Waals surface area contributed by atoms with Crippen LogP contribution in [0.1, 0.15) is 40.8 Å². The number of carbonyl (C=O) groups excluding carboxylic acids is 2. The molecule has 0 spiro atoms. The summed E-state index contributed by atoms with van der Waals surface area (Å²) >= 11 is 0. The molecule has 6 nitrogen and oxygen atoms in total. The maximum atomic E-state index is 13.5. The van der Waals surface area contributed by atoms with Gasteiger partial charge in [-0.25, -0.2) is 0 Å². The first-order chi connectivity index (χ1) is 19.4. The van der Waals surface area contributed by atoms with E-state index in [0.717, 1.165) is 16.7 Å². The standard InChI is InChI=1S/C34H31NO5/c1-4-39-28-16-13-25(14-17-28)31-30(33(37)34(38)35(31)27-12-8-9-22(2)19-27)32(36)26-15-18-29(23(3)20-26)40-21-24-10-6-5-7-11-24/h5-20,31,36H,4,21H2,1-3H3/b32-30-. The molecule has 0 aliphatic carbocycles. The zero-order valence-corrected chi connectivity index (χ0v) is 22.8. The number of carbonyl (C=O) groups is 2. The van der Waals surface area contributed by atoms with Crippen molar-refractivity contribution in [3.05, 3.63) is 130 Å². The highest BCUT2D eigenvalue weighted by molar-refractivity contribution is 6.51. The lowest BCUT2D eigenvalue weighted by Gasteiger charge is -2.26. The van der Waals surface area contributed by atoms with Crippen molar-refractivity contribution in [3.8, 4) is 11.5 Å². The highest BCUT2D eigenvalue weighted by atomic mass is 16.5. The van der Waals surface area contributed by atoms with Crippen molar-refractivity contribution in [1.29, 1.82) is 0 Å². The minimum absolute atomic E-state index is 0.0352. The second-order valence-corrected chi connectivity index (χ2v) is 9.76. The number of benzene rings is 4. The molecule has 1 saturated heterocycles. The van der Waals surface area contributed by atoms with Crippen LogP contribution in [0.15, 0.2) is 103 Å². The van der Waals surface area contributed by atoms with E-state index in [9.17, 15) is 14.7 Å². The molecule has 1 fully saturated rings. The molecule has 0 bridgehead atoms. The fourth-order valence-electron chi connectivity index (χ4n) is 4.95. The van der Waals surface area contributed by atoms with Gasteiger partial charge in [-0.05, 0) is 85.5 Å². The van der Waals surface area contributed by atoms with E-state index in [4.69, 9.17) is 9.47 Å². The first kappa shape index (κ1) is 26.8. The fourth-order valence-corrected chi connectivity index (χ4v) is 4.95. The predicted molar refractivity (Wildman–Crippen MR) is 156 cm³/mol. The van der Waals surface area contributed by atoms with Gasteiger partial charge in [-0.15, -0.1) is 0 Å². The number of aliphatic hydroxyl groups is 1. The van der Waals surface area contributed by atoms with Crippen LogP contribution in [0, 0.1) is 13.8 Å². The average Bonchev–Trinajstić information content (AvgIpc) is 3.23. The normalized spacial score (nSPS) is 16.3. The maximum absolute atomic E-state index is 13.5. The Morgan fingerprint density at radius 3 is 2.27 bits per heavy atom. The Hall–Kier alpha value is -4.84. The first-order valence-electron chi connectivity index (χ1n) is 13.3. The zero-order valence-electron chi connectivity index (χ0n) is 22.8. The van der Waals surface area contributed by atoms with Crippen molar-refractivity contribution in [2.24, 2.45) is 0 Å². The van der Waals surface area contributed by atoms with Gasteiger partial charge < -0.3 is 14.6 Å². The van der Waals surface area contributed by atoms with Gasteiger partial charge in [0.1, 0.15) is 23.9 Å². The van der Waals surface area contributed by atoms with Crippen LogP contribution in [0.2, 0.25) is 0 Å². The van der Waals surface area contributed by atoms with Gasteiger partial charge in [0.2, 0.25) is 0 Å². The number of hydrogen-bond acceptors (Lipinski definition) is 5. The van der Waals surface area contributed by atoms with Crippen LogP contribution in [-0.2, 0) is 16.2 Å². The number of aliphatic hydroxyl groups excluding tert-OH is 1. The van der Waals surface area contributed by atoms with E-state index in [1.54, 1.807) is 36.4 Å². The fraction of sp³-hybridized carbons (Fsp3) is 0.176. The Bertz CT molecular complexity index is 1570. The molecule has 5 rings (SSSR count). The number of hydrogen-bond donors (Lipinski definition) is 1. The highest BCUT2D eigenvalue weighted by Gasteiger charge is 2.47. The third kappa shape index (κ3) is 5.34. The van der Waals surface area contributed by atoms with Crippen LogP contribution in [0.25, 0.3) is 5.76 Å². The van der Waals surface area contributed by atoms with Gasteiger partial charge in [0, 0.05) is 11.3 Å². The Morgan fingerprint density at radius 1 is 0.850 bits per heavy atom. The summed E-state index contributed by atoms with van der Waals surface area (Å²) in [6, 6.07) is 29.0. The predicted octanol–water partition coefficient (Wildman–Crippen LogP) is 6.91. The molecule has 1 atom stereocenters. The molecule has 0 saturated carbocycles. The number of ketones is 1. The van der Waals surface area contributed by atoms with Gasteiger partial charge >= 0.3 is 0 Å². The van der Waals surface area contributed by atoms with Crippen molar-refractivity contribution in [2.45, 2.75) is 33.4 Å². The summed E-state index contributed by atoms with van der Waals surface area (Å²) in [6.07, 6.45) is 0. The Labute approximate surface area is 234 Å². The van der Waals surface area contributed by atoms with E-state index >= 15 is 0 Å². The Kier molecular flexibility index (Phi) is 7.69. The van der Waals surface area contributed by atoms with Crippen LogP contribution < -0.4 is 14.4 Å². The number of anilines is 1. The van der Waals surface area contributed by atoms with Gasteiger partial charge in [0.25, 0.3) is 11.7 Å². The molecular weight excluding hydrogens is 502 g/mol. The van der Waals surface area contributed by atoms with Gasteiger partial charge in [0.15, 0.2) is 0 Å². The van der Waals surface area contributed by atoms with Crippen molar-refractivity contribution in [3.63, 3.8) is 0 Å². The molecule has 40 heavy (non-hydrogen) atoms. The van der Waals surface area contributed by atoms with E-state index in [-0.39, 0.29) is 11.3 Å². The van der Waals surface area contributed by atoms with Crippen molar-refractivity contribution >= 4 is 23.1 Å². The van der Waals surface area contributed by atoms with Crippen LogP contribution in [0.3, 0.4) is 0 Å². The second kappa shape index (κ2) is 11.5.